The monoisotopic (exact) mass is 616 g/mol. The minimum absolute atomic E-state index is 0.00552. The minimum Gasteiger partial charge on any atom is -0.387 e. The van der Waals surface area contributed by atoms with E-state index in [0.29, 0.717) is 49.6 Å². The number of piperidine rings is 1. The standard InChI is InChI=1S/C37H52N4O4/c1-28(23-29-11-5-3-6-12-29)34(43)40-18-17-37(45,36(26-40)15-9-10-16-36)27-41-25-32(35(44)39-21-19-38(2)20-22-39)31(24-33(41)42)30-13-7-4-8-14-30/h4,7-8,13-14,24-25,28-29,45H,3,5-6,9-12,15-23,26-27H2,1-2H3/t28?,37-/m0/s1. The topological polar surface area (TPSA) is 86.1 Å². The smallest absolute Gasteiger partial charge is 0.256 e. The lowest BCUT2D eigenvalue weighted by atomic mass is 9.65. The van der Waals surface area contributed by atoms with E-state index < -0.39 is 11.0 Å². The maximum Gasteiger partial charge on any atom is 0.256 e. The van der Waals surface area contributed by atoms with Crippen LogP contribution in [0.15, 0.2) is 47.4 Å². The number of hydrogen-bond acceptors (Lipinski definition) is 5. The van der Waals surface area contributed by atoms with Gasteiger partial charge in [0.1, 0.15) is 0 Å². The van der Waals surface area contributed by atoms with E-state index >= 15 is 0 Å². The summed E-state index contributed by atoms with van der Waals surface area (Å²) in [6.07, 6.45) is 13.1. The number of nitrogens with zero attached hydrogens (tertiary/aromatic N) is 4. The molecule has 2 atom stereocenters. The summed E-state index contributed by atoms with van der Waals surface area (Å²) in [6.45, 7) is 6.15. The Morgan fingerprint density at radius 1 is 0.911 bits per heavy atom. The second-order valence-corrected chi connectivity index (χ2v) is 14.7. The molecule has 2 aliphatic carbocycles. The van der Waals surface area contributed by atoms with Crippen LogP contribution >= 0.6 is 0 Å². The number of aromatic nitrogens is 1. The third kappa shape index (κ3) is 6.64. The number of carbonyl (C=O) groups is 2. The van der Waals surface area contributed by atoms with Crippen LogP contribution in [0.5, 0.6) is 0 Å². The Morgan fingerprint density at radius 2 is 1.60 bits per heavy atom. The molecule has 244 valence electrons. The summed E-state index contributed by atoms with van der Waals surface area (Å²) < 4.78 is 1.58. The zero-order valence-corrected chi connectivity index (χ0v) is 27.4. The van der Waals surface area contributed by atoms with Crippen LogP contribution < -0.4 is 5.56 Å². The summed E-state index contributed by atoms with van der Waals surface area (Å²) in [7, 11) is 2.06. The number of aliphatic hydroxyl groups is 1. The number of likely N-dealkylation sites (N-methyl/N-ethyl adjacent to an activating group) is 1. The van der Waals surface area contributed by atoms with Crippen molar-refractivity contribution in [1.82, 2.24) is 19.3 Å². The SMILES string of the molecule is CC(CC1CCCCC1)C(=O)N1CC[C@](O)(Cn2cc(C(=O)N3CCN(C)CC3)c(-c3ccccc3)cc2=O)C2(CCCC2)C1. The second kappa shape index (κ2) is 13.4. The highest BCUT2D eigenvalue weighted by Gasteiger charge is 2.56. The number of rotatable bonds is 7. The Bertz CT molecular complexity index is 1400. The first kappa shape index (κ1) is 32.0. The maximum absolute atomic E-state index is 14.0. The first-order valence-electron chi connectivity index (χ1n) is 17.5. The van der Waals surface area contributed by atoms with Crippen molar-refractivity contribution in [2.75, 3.05) is 46.3 Å². The molecule has 1 spiro atoms. The molecule has 4 fully saturated rings. The Balaban J connectivity index is 1.26. The highest BCUT2D eigenvalue weighted by atomic mass is 16.3. The molecule has 1 aromatic heterocycles. The number of piperazine rings is 1. The third-order valence-electron chi connectivity index (χ3n) is 11.6. The zero-order valence-electron chi connectivity index (χ0n) is 27.4. The van der Waals surface area contributed by atoms with Crippen molar-refractivity contribution >= 4 is 11.8 Å². The molecule has 2 aliphatic heterocycles. The summed E-state index contributed by atoms with van der Waals surface area (Å²) in [4.78, 5) is 47.6. The summed E-state index contributed by atoms with van der Waals surface area (Å²) in [5, 5.41) is 12.5. The van der Waals surface area contributed by atoms with Gasteiger partial charge in [-0.3, -0.25) is 14.4 Å². The highest BCUT2D eigenvalue weighted by molar-refractivity contribution is 6.00. The van der Waals surface area contributed by atoms with E-state index in [1.54, 1.807) is 16.8 Å². The first-order chi connectivity index (χ1) is 21.7. The van der Waals surface area contributed by atoms with Gasteiger partial charge in [-0.2, -0.15) is 0 Å². The number of likely N-dealkylation sites (tertiary alicyclic amines) is 1. The fourth-order valence-electron chi connectivity index (χ4n) is 8.81. The quantitative estimate of drug-likeness (QED) is 0.472. The summed E-state index contributed by atoms with van der Waals surface area (Å²) >= 11 is 0. The molecular formula is C37H52N4O4. The number of benzene rings is 1. The molecule has 2 aromatic rings. The van der Waals surface area contributed by atoms with Crippen LogP contribution in [0.1, 0.15) is 87.9 Å². The van der Waals surface area contributed by atoms with E-state index in [0.717, 1.165) is 50.8 Å². The largest absolute Gasteiger partial charge is 0.387 e. The van der Waals surface area contributed by atoms with Crippen LogP contribution in [-0.2, 0) is 11.3 Å². The highest BCUT2D eigenvalue weighted by Crippen LogP contribution is 2.52. The zero-order chi connectivity index (χ0) is 31.6. The van der Waals surface area contributed by atoms with Gasteiger partial charge in [0, 0.05) is 68.4 Å². The van der Waals surface area contributed by atoms with Crippen LogP contribution in [0.3, 0.4) is 0 Å². The molecule has 2 saturated heterocycles. The van der Waals surface area contributed by atoms with Crippen molar-refractivity contribution in [3.63, 3.8) is 0 Å². The van der Waals surface area contributed by atoms with Crippen LogP contribution in [0.25, 0.3) is 11.1 Å². The molecule has 3 heterocycles. The Morgan fingerprint density at radius 3 is 2.29 bits per heavy atom. The molecule has 1 unspecified atom stereocenters. The van der Waals surface area contributed by atoms with E-state index in [1.807, 2.05) is 40.1 Å². The third-order valence-corrected chi connectivity index (χ3v) is 11.6. The lowest BCUT2D eigenvalue weighted by Crippen LogP contribution is -2.62. The van der Waals surface area contributed by atoms with Gasteiger partial charge >= 0.3 is 0 Å². The van der Waals surface area contributed by atoms with Crippen LogP contribution in [0, 0.1) is 17.3 Å². The molecule has 0 bridgehead atoms. The van der Waals surface area contributed by atoms with Gasteiger partial charge in [-0.1, -0.05) is 82.2 Å². The fourth-order valence-corrected chi connectivity index (χ4v) is 8.81. The van der Waals surface area contributed by atoms with Crippen molar-refractivity contribution < 1.29 is 14.7 Å². The van der Waals surface area contributed by atoms with Gasteiger partial charge in [0.15, 0.2) is 0 Å². The Labute approximate surface area is 268 Å². The van der Waals surface area contributed by atoms with Gasteiger partial charge in [-0.05, 0) is 44.2 Å². The predicted octanol–water partition coefficient (Wildman–Crippen LogP) is 5.03. The van der Waals surface area contributed by atoms with E-state index in [1.165, 1.54) is 32.1 Å². The summed E-state index contributed by atoms with van der Waals surface area (Å²) in [5.74, 6) is 0.784. The van der Waals surface area contributed by atoms with Crippen molar-refractivity contribution in [2.24, 2.45) is 17.3 Å². The van der Waals surface area contributed by atoms with Gasteiger partial charge in [-0.25, -0.2) is 0 Å². The van der Waals surface area contributed by atoms with E-state index in [4.69, 9.17) is 0 Å². The predicted molar refractivity (Wildman–Crippen MR) is 177 cm³/mol. The lowest BCUT2D eigenvalue weighted by molar-refractivity contribution is -0.163. The Hall–Kier alpha value is -2.97. The normalized spacial score (nSPS) is 25.0. The molecule has 4 aliphatic rings. The Kier molecular flexibility index (Phi) is 9.53. The fraction of sp³-hybridized carbons (Fsp3) is 0.649. The number of amides is 2. The average Bonchev–Trinajstić information content (AvgIpc) is 3.54. The van der Waals surface area contributed by atoms with E-state index in [2.05, 4.69) is 18.9 Å². The average molecular weight is 617 g/mol. The number of carbonyl (C=O) groups excluding carboxylic acids is 2. The molecule has 8 heteroatoms. The molecule has 1 N–H and O–H groups in total. The van der Waals surface area contributed by atoms with Gasteiger partial charge in [0.25, 0.3) is 11.5 Å². The van der Waals surface area contributed by atoms with Crippen molar-refractivity contribution in [3.05, 3.63) is 58.5 Å². The van der Waals surface area contributed by atoms with Crippen LogP contribution in [0.4, 0.5) is 0 Å². The van der Waals surface area contributed by atoms with Gasteiger partial charge in [0.05, 0.1) is 17.7 Å². The number of hydrogen-bond donors (Lipinski definition) is 1. The first-order valence-corrected chi connectivity index (χ1v) is 17.5. The molecular weight excluding hydrogens is 564 g/mol. The summed E-state index contributed by atoms with van der Waals surface area (Å²) in [5.41, 5.74) is 0.155. The van der Waals surface area contributed by atoms with E-state index in [9.17, 15) is 19.5 Å². The molecule has 6 rings (SSSR count). The van der Waals surface area contributed by atoms with Crippen molar-refractivity contribution in [3.8, 4) is 11.1 Å². The molecule has 45 heavy (non-hydrogen) atoms. The van der Waals surface area contributed by atoms with Crippen LogP contribution in [0.2, 0.25) is 0 Å². The molecule has 1 aromatic carbocycles. The van der Waals surface area contributed by atoms with Crippen LogP contribution in [-0.4, -0.2) is 88.1 Å². The molecule has 0 radical (unpaired) electrons. The molecule has 2 saturated carbocycles. The van der Waals surface area contributed by atoms with E-state index in [-0.39, 0.29) is 29.8 Å². The summed E-state index contributed by atoms with van der Waals surface area (Å²) in [6, 6.07) is 11.2. The maximum atomic E-state index is 14.0. The van der Waals surface area contributed by atoms with Crippen molar-refractivity contribution in [1.29, 1.82) is 0 Å². The lowest BCUT2D eigenvalue weighted by Gasteiger charge is -2.53. The second-order valence-electron chi connectivity index (χ2n) is 14.7. The van der Waals surface area contributed by atoms with Crippen molar-refractivity contribution in [2.45, 2.75) is 89.7 Å². The van der Waals surface area contributed by atoms with Gasteiger partial charge < -0.3 is 24.4 Å². The molecule has 8 nitrogen and oxygen atoms in total. The minimum atomic E-state index is -1.14. The van der Waals surface area contributed by atoms with Gasteiger partial charge in [0.2, 0.25) is 5.91 Å². The molecule has 2 amide bonds. The van der Waals surface area contributed by atoms with Gasteiger partial charge in [-0.15, -0.1) is 0 Å². The number of pyridine rings is 1.